The summed E-state index contributed by atoms with van der Waals surface area (Å²) in [5, 5.41) is 5.79. The maximum Gasteiger partial charge on any atom is 0.411 e. The predicted octanol–water partition coefficient (Wildman–Crippen LogP) is 4.40. The summed E-state index contributed by atoms with van der Waals surface area (Å²) in [6, 6.07) is 15.5. The molecule has 5 nitrogen and oxygen atoms in total. The van der Waals surface area contributed by atoms with E-state index in [0.717, 1.165) is 31.5 Å². The summed E-state index contributed by atoms with van der Waals surface area (Å²) in [4.78, 5) is 14.7. The van der Waals surface area contributed by atoms with E-state index >= 15 is 0 Å². The molecule has 1 unspecified atom stereocenters. The molecule has 0 aliphatic carbocycles. The van der Waals surface area contributed by atoms with Crippen LogP contribution in [0.25, 0.3) is 0 Å². The molecule has 0 saturated heterocycles. The zero-order valence-corrected chi connectivity index (χ0v) is 18.3. The third-order valence-electron chi connectivity index (χ3n) is 5.66. The molecule has 2 amide bonds. The van der Waals surface area contributed by atoms with E-state index < -0.39 is 12.8 Å². The average molecular weight is 450 g/mol. The molecule has 2 N–H and O–H groups in total. The molecule has 8 heteroatoms. The highest BCUT2D eigenvalue weighted by atomic mass is 19.4. The molecule has 1 atom stereocenters. The Kier molecular flexibility index (Phi) is 8.53. The summed E-state index contributed by atoms with van der Waals surface area (Å²) < 4.78 is 41.0. The highest BCUT2D eigenvalue weighted by Gasteiger charge is 2.27. The van der Waals surface area contributed by atoms with E-state index in [1.807, 2.05) is 0 Å². The smallest absolute Gasteiger partial charge is 0.367 e. The molecule has 2 aromatic carbocycles. The first kappa shape index (κ1) is 24.1. The number of nitrogens with zero attached hydrogens (tertiary/aromatic N) is 1. The van der Waals surface area contributed by atoms with Crippen LogP contribution < -0.4 is 10.6 Å². The lowest BCUT2D eigenvalue weighted by Gasteiger charge is -2.35. The van der Waals surface area contributed by atoms with E-state index in [0.29, 0.717) is 18.7 Å². The predicted molar refractivity (Wildman–Crippen MR) is 117 cm³/mol. The topological polar surface area (TPSA) is 53.6 Å². The molecule has 0 spiro atoms. The molecule has 32 heavy (non-hydrogen) atoms. The molecule has 0 saturated carbocycles. The van der Waals surface area contributed by atoms with E-state index in [4.69, 9.17) is 0 Å². The number of carbonyl (C=O) groups is 1. The molecular weight excluding hydrogens is 419 g/mol. The first-order chi connectivity index (χ1) is 15.3. The van der Waals surface area contributed by atoms with Crippen LogP contribution >= 0.6 is 0 Å². The molecule has 0 fully saturated rings. The van der Waals surface area contributed by atoms with Crippen molar-refractivity contribution >= 4 is 6.03 Å². The van der Waals surface area contributed by atoms with Gasteiger partial charge in [-0.05, 0) is 35.1 Å². The Labute approximate surface area is 186 Å². The molecular formula is C24H30F3N3O2. The van der Waals surface area contributed by atoms with Crippen molar-refractivity contribution in [1.29, 1.82) is 0 Å². The Balaban J connectivity index is 1.39. The van der Waals surface area contributed by atoms with Gasteiger partial charge in [0.1, 0.15) is 6.61 Å². The van der Waals surface area contributed by atoms with Crippen molar-refractivity contribution in [3.8, 4) is 0 Å². The SMILES string of the molecule is CCC(CNC(=O)NCc1ccc(COCC(F)(F)F)cc1)N1CCc2ccccc2C1. The number of carbonyl (C=O) groups excluding carboxylic acids is 1. The van der Waals surface area contributed by atoms with E-state index in [-0.39, 0.29) is 18.7 Å². The van der Waals surface area contributed by atoms with Crippen molar-refractivity contribution in [2.75, 3.05) is 19.7 Å². The Hall–Kier alpha value is -2.58. The molecule has 0 aromatic heterocycles. The number of rotatable bonds is 9. The van der Waals surface area contributed by atoms with Crippen LogP contribution in [0.1, 0.15) is 35.6 Å². The molecule has 3 rings (SSSR count). The monoisotopic (exact) mass is 449 g/mol. The number of ether oxygens (including phenoxy) is 1. The van der Waals surface area contributed by atoms with Gasteiger partial charge in [-0.3, -0.25) is 4.90 Å². The maximum absolute atomic E-state index is 12.3. The number of hydrogen-bond donors (Lipinski definition) is 2. The standard InChI is InChI=1S/C24H30F3N3O2/c1-2-22(30-12-11-20-5-3-4-6-21(20)15-30)14-29-23(31)28-13-18-7-9-19(10-8-18)16-32-17-24(25,26)27/h3-10,22H,2,11-17H2,1H3,(H2,28,29,31). The van der Waals surface area contributed by atoms with Crippen molar-refractivity contribution in [2.45, 2.75) is 51.7 Å². The van der Waals surface area contributed by atoms with Crippen LogP contribution in [0.2, 0.25) is 0 Å². The van der Waals surface area contributed by atoms with Gasteiger partial charge in [-0.1, -0.05) is 55.5 Å². The molecule has 174 valence electrons. The highest BCUT2D eigenvalue weighted by molar-refractivity contribution is 5.73. The summed E-state index contributed by atoms with van der Waals surface area (Å²) >= 11 is 0. The number of halogens is 3. The quantitative estimate of drug-likeness (QED) is 0.597. The van der Waals surface area contributed by atoms with Gasteiger partial charge in [0.05, 0.1) is 6.61 Å². The maximum atomic E-state index is 12.3. The second-order valence-corrected chi connectivity index (χ2v) is 8.04. The van der Waals surface area contributed by atoms with E-state index in [2.05, 4.69) is 51.5 Å². The number of fused-ring (bicyclic) bond motifs is 1. The minimum Gasteiger partial charge on any atom is -0.367 e. The lowest BCUT2D eigenvalue weighted by Crippen LogP contribution is -2.47. The highest BCUT2D eigenvalue weighted by Crippen LogP contribution is 2.21. The first-order valence-electron chi connectivity index (χ1n) is 10.9. The number of hydrogen-bond acceptors (Lipinski definition) is 3. The van der Waals surface area contributed by atoms with E-state index in [1.165, 1.54) is 11.1 Å². The van der Waals surface area contributed by atoms with Gasteiger partial charge in [-0.25, -0.2) is 4.79 Å². The van der Waals surface area contributed by atoms with E-state index in [9.17, 15) is 18.0 Å². The first-order valence-corrected chi connectivity index (χ1v) is 10.9. The molecule has 0 radical (unpaired) electrons. The van der Waals surface area contributed by atoms with Gasteiger partial charge in [0, 0.05) is 32.2 Å². The largest absolute Gasteiger partial charge is 0.411 e. The minimum atomic E-state index is -4.33. The van der Waals surface area contributed by atoms with Gasteiger partial charge in [-0.15, -0.1) is 0 Å². The van der Waals surface area contributed by atoms with Crippen molar-refractivity contribution in [2.24, 2.45) is 0 Å². The fraction of sp³-hybridized carbons (Fsp3) is 0.458. The second kappa shape index (κ2) is 11.3. The number of urea groups is 1. The normalized spacial score (nSPS) is 15.1. The Bertz CT molecular complexity index is 872. The van der Waals surface area contributed by atoms with Crippen molar-refractivity contribution in [1.82, 2.24) is 15.5 Å². The van der Waals surface area contributed by atoms with Crippen molar-refractivity contribution < 1.29 is 22.7 Å². The lowest BCUT2D eigenvalue weighted by atomic mass is 9.98. The van der Waals surface area contributed by atoms with Gasteiger partial charge in [-0.2, -0.15) is 13.2 Å². The van der Waals surface area contributed by atoms with Crippen LogP contribution in [0.15, 0.2) is 48.5 Å². The zero-order chi connectivity index (χ0) is 23.0. The van der Waals surface area contributed by atoms with Crippen LogP contribution in [0.3, 0.4) is 0 Å². The van der Waals surface area contributed by atoms with Gasteiger partial charge in [0.25, 0.3) is 0 Å². The lowest BCUT2D eigenvalue weighted by molar-refractivity contribution is -0.176. The van der Waals surface area contributed by atoms with Crippen LogP contribution in [0.4, 0.5) is 18.0 Å². The van der Waals surface area contributed by atoms with Gasteiger partial charge in [0.15, 0.2) is 0 Å². The van der Waals surface area contributed by atoms with E-state index in [1.54, 1.807) is 24.3 Å². The molecule has 1 aliphatic rings. The summed E-state index contributed by atoms with van der Waals surface area (Å²) in [5.41, 5.74) is 4.27. The zero-order valence-electron chi connectivity index (χ0n) is 18.3. The van der Waals surface area contributed by atoms with Crippen LogP contribution in [0.5, 0.6) is 0 Å². The van der Waals surface area contributed by atoms with Gasteiger partial charge >= 0.3 is 12.2 Å². The molecule has 1 aliphatic heterocycles. The molecule has 0 bridgehead atoms. The fourth-order valence-electron chi connectivity index (χ4n) is 3.85. The minimum absolute atomic E-state index is 0.104. The van der Waals surface area contributed by atoms with Crippen LogP contribution in [-0.4, -0.2) is 42.8 Å². The average Bonchev–Trinajstić information content (AvgIpc) is 2.78. The Morgan fingerprint density at radius 2 is 1.75 bits per heavy atom. The third kappa shape index (κ3) is 7.53. The van der Waals surface area contributed by atoms with Crippen molar-refractivity contribution in [3.63, 3.8) is 0 Å². The van der Waals surface area contributed by atoms with Crippen LogP contribution in [-0.2, 0) is 30.9 Å². The van der Waals surface area contributed by atoms with Crippen molar-refractivity contribution in [3.05, 3.63) is 70.8 Å². The summed E-state index contributed by atoms with van der Waals surface area (Å²) in [7, 11) is 0. The summed E-state index contributed by atoms with van der Waals surface area (Å²) in [6.07, 6.45) is -2.36. The Morgan fingerprint density at radius 1 is 1.06 bits per heavy atom. The number of amides is 2. The molecule has 1 heterocycles. The third-order valence-corrected chi connectivity index (χ3v) is 5.66. The van der Waals surface area contributed by atoms with Gasteiger partial charge < -0.3 is 15.4 Å². The number of alkyl halides is 3. The summed E-state index contributed by atoms with van der Waals surface area (Å²) in [5.74, 6) is 0. The van der Waals surface area contributed by atoms with Gasteiger partial charge in [0.2, 0.25) is 0 Å². The number of benzene rings is 2. The second-order valence-electron chi connectivity index (χ2n) is 8.04. The fourth-order valence-corrected chi connectivity index (χ4v) is 3.85. The Morgan fingerprint density at radius 3 is 2.44 bits per heavy atom. The van der Waals surface area contributed by atoms with Crippen LogP contribution in [0, 0.1) is 0 Å². The molecule has 2 aromatic rings. The number of nitrogens with one attached hydrogen (secondary N) is 2. The summed E-state index contributed by atoms with van der Waals surface area (Å²) in [6.45, 7) is 3.55.